The van der Waals surface area contributed by atoms with Gasteiger partial charge in [0, 0.05) is 23.7 Å². The zero-order valence-corrected chi connectivity index (χ0v) is 16.2. The van der Waals surface area contributed by atoms with Crippen LogP contribution in [0.2, 0.25) is 0 Å². The van der Waals surface area contributed by atoms with Crippen LogP contribution < -0.4 is 10.1 Å². The second-order valence-corrected chi connectivity index (χ2v) is 6.98. The number of halogens is 1. The summed E-state index contributed by atoms with van der Waals surface area (Å²) in [7, 11) is 0. The number of carbonyl (C=O) groups is 1. The third-order valence-electron chi connectivity index (χ3n) is 4.03. The lowest BCUT2D eigenvalue weighted by Gasteiger charge is -2.09. The first kappa shape index (κ1) is 19.2. The van der Waals surface area contributed by atoms with Gasteiger partial charge in [0.15, 0.2) is 0 Å². The van der Waals surface area contributed by atoms with Gasteiger partial charge in [0.05, 0.1) is 6.10 Å². The summed E-state index contributed by atoms with van der Waals surface area (Å²) in [6.45, 7) is 1.37. The van der Waals surface area contributed by atoms with E-state index in [4.69, 9.17) is 13.9 Å². The lowest BCUT2D eigenvalue weighted by atomic mass is 10.2. The lowest BCUT2D eigenvalue weighted by Crippen LogP contribution is -2.32. The van der Waals surface area contributed by atoms with Crippen LogP contribution in [0.5, 0.6) is 5.75 Å². The second-order valence-electron chi connectivity index (χ2n) is 6.06. The smallest absolute Gasteiger partial charge is 0.262 e. The molecule has 0 bridgehead atoms. The van der Waals surface area contributed by atoms with Gasteiger partial charge in [-0.15, -0.1) is 0 Å². The Morgan fingerprint density at radius 3 is 3.04 bits per heavy atom. The normalized spacial score (nSPS) is 16.7. The first-order valence-electron chi connectivity index (χ1n) is 8.63. The van der Waals surface area contributed by atoms with Crippen LogP contribution >= 0.6 is 15.9 Å². The highest BCUT2D eigenvalue weighted by Gasteiger charge is 2.18. The fraction of sp³-hybridized carbons (Fsp3) is 0.300. The second kappa shape index (κ2) is 9.40. The van der Waals surface area contributed by atoms with Crippen LogP contribution in [0.3, 0.4) is 0 Å². The van der Waals surface area contributed by atoms with Crippen LogP contribution in [0.4, 0.5) is 0 Å². The highest BCUT2D eigenvalue weighted by molar-refractivity contribution is 9.10. The van der Waals surface area contributed by atoms with Gasteiger partial charge in [0.2, 0.25) is 0 Å². The molecule has 0 spiro atoms. The Morgan fingerprint density at radius 2 is 2.30 bits per heavy atom. The van der Waals surface area contributed by atoms with E-state index < -0.39 is 5.91 Å². The summed E-state index contributed by atoms with van der Waals surface area (Å²) in [4.78, 5) is 12.2. The van der Waals surface area contributed by atoms with E-state index in [1.807, 2.05) is 30.3 Å². The minimum absolute atomic E-state index is 0.0122. The zero-order valence-electron chi connectivity index (χ0n) is 14.6. The van der Waals surface area contributed by atoms with Gasteiger partial charge in [-0.05, 0) is 43.2 Å². The number of hydrogen-bond donors (Lipinski definition) is 1. The molecular formula is C20H19BrN2O4. The van der Waals surface area contributed by atoms with Gasteiger partial charge in [-0.2, -0.15) is 5.26 Å². The molecule has 0 saturated carbocycles. The Hall–Kier alpha value is -2.56. The quantitative estimate of drug-likeness (QED) is 0.532. The SMILES string of the molecule is N#C/C(=C/c1ccc(COc2cccc(Br)c2)o1)C(=O)NC[C@H]1CCCO1. The number of rotatable bonds is 7. The Bertz CT molecular complexity index is 863. The number of nitrogens with one attached hydrogen (secondary N) is 1. The Morgan fingerprint density at radius 1 is 1.41 bits per heavy atom. The summed E-state index contributed by atoms with van der Waals surface area (Å²) >= 11 is 3.39. The predicted molar refractivity (Wildman–Crippen MR) is 103 cm³/mol. The lowest BCUT2D eigenvalue weighted by molar-refractivity contribution is -0.117. The van der Waals surface area contributed by atoms with Gasteiger partial charge in [0.25, 0.3) is 5.91 Å². The fourth-order valence-electron chi connectivity index (χ4n) is 2.66. The number of benzene rings is 1. The van der Waals surface area contributed by atoms with Crippen LogP contribution in [-0.2, 0) is 16.1 Å². The van der Waals surface area contributed by atoms with Crippen molar-refractivity contribution >= 4 is 27.9 Å². The highest BCUT2D eigenvalue weighted by Crippen LogP contribution is 2.20. The molecule has 1 N–H and O–H groups in total. The number of nitriles is 1. The number of nitrogens with zero attached hydrogens (tertiary/aromatic N) is 1. The van der Waals surface area contributed by atoms with Crippen molar-refractivity contribution in [3.05, 3.63) is 58.0 Å². The minimum atomic E-state index is -0.434. The van der Waals surface area contributed by atoms with Crippen molar-refractivity contribution in [2.45, 2.75) is 25.6 Å². The molecule has 140 valence electrons. The van der Waals surface area contributed by atoms with E-state index in [0.29, 0.717) is 23.8 Å². The molecule has 1 aromatic carbocycles. The number of carbonyl (C=O) groups excluding carboxylic acids is 1. The van der Waals surface area contributed by atoms with Crippen molar-refractivity contribution in [1.29, 1.82) is 5.26 Å². The molecule has 1 amide bonds. The van der Waals surface area contributed by atoms with E-state index in [1.54, 1.807) is 12.1 Å². The summed E-state index contributed by atoms with van der Waals surface area (Å²) < 4.78 is 17.7. The highest BCUT2D eigenvalue weighted by atomic mass is 79.9. The van der Waals surface area contributed by atoms with Gasteiger partial charge in [-0.1, -0.05) is 22.0 Å². The van der Waals surface area contributed by atoms with Crippen LogP contribution in [-0.4, -0.2) is 25.2 Å². The minimum Gasteiger partial charge on any atom is -0.486 e. The number of ether oxygens (including phenoxy) is 2. The molecule has 6 nitrogen and oxygen atoms in total. The molecule has 1 aromatic heterocycles. The van der Waals surface area contributed by atoms with Gasteiger partial charge >= 0.3 is 0 Å². The maximum Gasteiger partial charge on any atom is 0.262 e. The van der Waals surface area contributed by atoms with Crippen molar-refractivity contribution < 1.29 is 18.7 Å². The standard InChI is InChI=1S/C20H19BrN2O4/c21-15-3-1-4-16(10-15)26-13-19-7-6-17(27-19)9-14(11-22)20(24)23-12-18-5-2-8-25-18/h1,3-4,6-7,9-10,18H,2,5,8,12-13H2,(H,23,24)/b14-9-/t18-/m1/s1. The van der Waals surface area contributed by atoms with Crippen LogP contribution in [0, 0.1) is 11.3 Å². The summed E-state index contributed by atoms with van der Waals surface area (Å²) in [5.41, 5.74) is -0.0122. The molecule has 1 atom stereocenters. The molecule has 7 heteroatoms. The van der Waals surface area contributed by atoms with Gasteiger partial charge < -0.3 is 19.2 Å². The first-order valence-corrected chi connectivity index (χ1v) is 9.42. The molecule has 1 fully saturated rings. The Labute approximate surface area is 165 Å². The van der Waals surface area contributed by atoms with Crippen LogP contribution in [0.15, 0.2) is 50.9 Å². The topological polar surface area (TPSA) is 84.5 Å². The third-order valence-corrected chi connectivity index (χ3v) is 4.52. The number of amides is 1. The van der Waals surface area contributed by atoms with Crippen molar-refractivity contribution in [1.82, 2.24) is 5.32 Å². The molecular weight excluding hydrogens is 412 g/mol. The van der Waals surface area contributed by atoms with E-state index >= 15 is 0 Å². The summed E-state index contributed by atoms with van der Waals surface area (Å²) in [5, 5.41) is 12.0. The Kier molecular flexibility index (Phi) is 6.69. The summed E-state index contributed by atoms with van der Waals surface area (Å²) in [6, 6.07) is 12.9. The van der Waals surface area contributed by atoms with Crippen molar-refractivity contribution in [3.8, 4) is 11.8 Å². The van der Waals surface area contributed by atoms with Gasteiger partial charge in [-0.3, -0.25) is 4.79 Å². The summed E-state index contributed by atoms with van der Waals surface area (Å²) in [5.74, 6) is 1.30. The van der Waals surface area contributed by atoms with E-state index in [2.05, 4.69) is 21.2 Å². The van der Waals surface area contributed by atoms with Crippen molar-refractivity contribution in [3.63, 3.8) is 0 Å². The largest absolute Gasteiger partial charge is 0.486 e. The third kappa shape index (κ3) is 5.71. The molecule has 27 heavy (non-hydrogen) atoms. The number of hydrogen-bond acceptors (Lipinski definition) is 5. The van der Waals surface area contributed by atoms with Gasteiger partial charge in [0.1, 0.15) is 35.5 Å². The summed E-state index contributed by atoms with van der Waals surface area (Å²) in [6.07, 6.45) is 3.37. The van der Waals surface area contributed by atoms with Crippen LogP contribution in [0.1, 0.15) is 24.4 Å². The monoisotopic (exact) mass is 430 g/mol. The van der Waals surface area contributed by atoms with Crippen molar-refractivity contribution in [2.75, 3.05) is 13.2 Å². The fourth-order valence-corrected chi connectivity index (χ4v) is 3.04. The van der Waals surface area contributed by atoms with E-state index in [0.717, 1.165) is 23.9 Å². The number of furan rings is 1. The molecule has 1 aliphatic rings. The maximum absolute atomic E-state index is 12.2. The average Bonchev–Trinajstić information content (AvgIpc) is 3.34. The molecule has 2 heterocycles. The molecule has 0 aliphatic carbocycles. The average molecular weight is 431 g/mol. The van der Waals surface area contributed by atoms with Gasteiger partial charge in [-0.25, -0.2) is 0 Å². The maximum atomic E-state index is 12.2. The molecule has 2 aromatic rings. The first-order chi connectivity index (χ1) is 13.1. The zero-order chi connectivity index (χ0) is 19.1. The predicted octanol–water partition coefficient (Wildman–Crippen LogP) is 3.82. The van der Waals surface area contributed by atoms with Crippen molar-refractivity contribution in [2.24, 2.45) is 0 Å². The van der Waals surface area contributed by atoms with E-state index in [-0.39, 0.29) is 18.3 Å². The van der Waals surface area contributed by atoms with E-state index in [1.165, 1.54) is 6.08 Å². The molecule has 1 saturated heterocycles. The molecule has 3 rings (SSSR count). The molecule has 1 aliphatic heterocycles. The van der Waals surface area contributed by atoms with E-state index in [9.17, 15) is 10.1 Å². The molecule has 0 radical (unpaired) electrons. The Balaban J connectivity index is 1.56. The molecule has 0 unspecified atom stereocenters. The van der Waals surface area contributed by atoms with Crippen LogP contribution in [0.25, 0.3) is 6.08 Å².